The van der Waals surface area contributed by atoms with Crippen LogP contribution in [0.2, 0.25) is 0 Å². The van der Waals surface area contributed by atoms with Gasteiger partial charge >= 0.3 is 12.1 Å². The molecule has 42 heavy (non-hydrogen) atoms. The van der Waals surface area contributed by atoms with Crippen molar-refractivity contribution in [1.82, 2.24) is 15.4 Å². The highest BCUT2D eigenvalue weighted by Gasteiger charge is 2.56. The van der Waals surface area contributed by atoms with Crippen LogP contribution < -0.4 is 15.6 Å². The van der Waals surface area contributed by atoms with Gasteiger partial charge in [0.2, 0.25) is 0 Å². The van der Waals surface area contributed by atoms with Crippen LogP contribution in [-0.4, -0.2) is 57.1 Å². The summed E-state index contributed by atoms with van der Waals surface area (Å²) in [6.45, 7) is 9.22. The number of nitriles is 1. The molecule has 2 aromatic rings. The van der Waals surface area contributed by atoms with Crippen molar-refractivity contribution in [3.8, 4) is 6.07 Å². The van der Waals surface area contributed by atoms with Crippen LogP contribution in [0.3, 0.4) is 0 Å². The molecule has 4 rings (SSSR count). The zero-order valence-corrected chi connectivity index (χ0v) is 24.7. The summed E-state index contributed by atoms with van der Waals surface area (Å²) >= 11 is 0. The highest BCUT2D eigenvalue weighted by atomic mass is 16.5. The maximum Gasteiger partial charge on any atom is 0.347 e. The first-order chi connectivity index (χ1) is 19.9. The van der Waals surface area contributed by atoms with Crippen LogP contribution in [0.1, 0.15) is 53.9 Å². The molecule has 1 saturated heterocycles. The lowest BCUT2D eigenvalue weighted by Gasteiger charge is -2.52. The molecule has 5 amide bonds. The highest BCUT2D eigenvalue weighted by molar-refractivity contribution is 6.00. The molecule has 1 aliphatic carbocycles. The smallest absolute Gasteiger partial charge is 0.306 e. The van der Waals surface area contributed by atoms with E-state index in [1.54, 1.807) is 74.5 Å². The van der Waals surface area contributed by atoms with E-state index in [-0.39, 0.29) is 12.0 Å². The second kappa shape index (κ2) is 12.2. The van der Waals surface area contributed by atoms with E-state index in [2.05, 4.69) is 35.8 Å². The molecule has 11 nitrogen and oxygen atoms in total. The number of carbonyl (C=O) groups excluding carboxylic acids is 3. The third-order valence-electron chi connectivity index (χ3n) is 8.73. The van der Waals surface area contributed by atoms with E-state index in [0.29, 0.717) is 41.1 Å². The van der Waals surface area contributed by atoms with Crippen molar-refractivity contribution in [2.45, 2.75) is 65.6 Å². The summed E-state index contributed by atoms with van der Waals surface area (Å²) in [7, 11) is 0. The first-order valence-corrected chi connectivity index (χ1v) is 14.1. The number of rotatable bonds is 9. The molecule has 2 aromatic carbocycles. The molecule has 0 spiro atoms. The average Bonchev–Trinajstić information content (AvgIpc) is 3.16. The van der Waals surface area contributed by atoms with Crippen LogP contribution in [0, 0.1) is 28.6 Å². The molecule has 2 fully saturated rings. The molecule has 222 valence electrons. The Hall–Kier alpha value is -4.43. The van der Waals surface area contributed by atoms with Crippen LogP contribution >= 0.6 is 0 Å². The summed E-state index contributed by atoms with van der Waals surface area (Å²) in [5.41, 5.74) is 3.11. The van der Waals surface area contributed by atoms with Crippen molar-refractivity contribution in [3.63, 3.8) is 0 Å². The quantitative estimate of drug-likeness (QED) is 0.209. The SMILES string of the molecule is CC(C[C@@H]1C[C@@H](CC#N)C1(C)C)=NNC(=O)CN1C(=O)N(c2ccccc2)[C@H](N(O)C(=O)Nc2ccccc2)C1(C)C. The molecule has 11 heteroatoms. The van der Waals surface area contributed by atoms with Gasteiger partial charge in [-0.2, -0.15) is 15.4 Å². The third kappa shape index (κ3) is 6.09. The standard InChI is InChI=1S/C31H39N7O4/c1-21(18-23-19-22(16-17-32)30(23,2)3)34-35-26(39)20-36-29(41)37(25-14-10-7-11-15-25)27(31(36,4)5)38(42)28(40)33-24-12-8-6-9-13-24/h6-15,22-23,27,42H,16,18-20H2,1-5H3,(H,33,40)(H,35,39)/t22-,23-,27-/m1/s1. The maximum absolute atomic E-state index is 13.8. The van der Waals surface area contributed by atoms with Gasteiger partial charge in [0.25, 0.3) is 5.91 Å². The van der Waals surface area contributed by atoms with Gasteiger partial charge in [0.05, 0.1) is 11.6 Å². The molecule has 0 radical (unpaired) electrons. The number of nitrogens with one attached hydrogen (secondary N) is 2. The Kier molecular flexibility index (Phi) is 8.87. The summed E-state index contributed by atoms with van der Waals surface area (Å²) in [5, 5.41) is 27.6. The number of anilines is 2. The van der Waals surface area contributed by atoms with Gasteiger partial charge in [-0.1, -0.05) is 50.2 Å². The van der Waals surface area contributed by atoms with E-state index in [1.165, 1.54) is 9.80 Å². The first kappa shape index (κ1) is 30.5. The van der Waals surface area contributed by atoms with Crippen molar-refractivity contribution in [2.24, 2.45) is 22.4 Å². The lowest BCUT2D eigenvalue weighted by molar-refractivity contribution is -0.124. The molecule has 1 aliphatic heterocycles. The Labute approximate surface area is 246 Å². The molecular formula is C31H39N7O4. The van der Waals surface area contributed by atoms with Crippen LogP contribution in [0.5, 0.6) is 0 Å². The second-order valence-electron chi connectivity index (χ2n) is 12.1. The molecule has 2 aliphatic rings. The molecule has 1 saturated carbocycles. The van der Waals surface area contributed by atoms with Crippen molar-refractivity contribution >= 4 is 35.1 Å². The van der Waals surface area contributed by atoms with Gasteiger partial charge < -0.3 is 10.2 Å². The number of para-hydroxylation sites is 2. The van der Waals surface area contributed by atoms with E-state index in [9.17, 15) is 19.6 Å². The monoisotopic (exact) mass is 573 g/mol. The van der Waals surface area contributed by atoms with Gasteiger partial charge in [-0.25, -0.2) is 15.0 Å². The molecule has 0 bridgehead atoms. The highest BCUT2D eigenvalue weighted by Crippen LogP contribution is 2.54. The number of hydroxylamine groups is 2. The van der Waals surface area contributed by atoms with E-state index < -0.39 is 29.7 Å². The van der Waals surface area contributed by atoms with Gasteiger partial charge in [0, 0.05) is 23.5 Å². The first-order valence-electron chi connectivity index (χ1n) is 14.1. The van der Waals surface area contributed by atoms with Crippen LogP contribution in [0.25, 0.3) is 0 Å². The fraction of sp³-hybridized carbons (Fsp3) is 0.452. The molecule has 3 N–H and O–H groups in total. The van der Waals surface area contributed by atoms with E-state index in [1.807, 2.05) is 6.92 Å². The van der Waals surface area contributed by atoms with Crippen LogP contribution in [-0.2, 0) is 4.79 Å². The Morgan fingerprint density at radius 1 is 1.07 bits per heavy atom. The minimum absolute atomic E-state index is 0.0292. The fourth-order valence-corrected chi connectivity index (χ4v) is 5.94. The zero-order chi connectivity index (χ0) is 30.7. The Balaban J connectivity index is 1.48. The minimum atomic E-state index is -1.18. The molecule has 3 atom stereocenters. The van der Waals surface area contributed by atoms with E-state index in [0.717, 1.165) is 12.1 Å². The summed E-state index contributed by atoms with van der Waals surface area (Å²) in [6, 6.07) is 18.2. The van der Waals surface area contributed by atoms with Gasteiger partial charge in [0.15, 0.2) is 6.17 Å². The van der Waals surface area contributed by atoms with E-state index in [4.69, 9.17) is 5.26 Å². The Morgan fingerprint density at radius 3 is 2.29 bits per heavy atom. The van der Waals surface area contributed by atoms with Crippen molar-refractivity contribution in [1.29, 1.82) is 5.26 Å². The topological polar surface area (TPSA) is 141 Å². The van der Waals surface area contributed by atoms with Gasteiger partial charge in [-0.05, 0) is 75.1 Å². The fourth-order valence-electron chi connectivity index (χ4n) is 5.94. The molecule has 0 unspecified atom stereocenters. The van der Waals surface area contributed by atoms with Gasteiger partial charge in [0.1, 0.15) is 6.54 Å². The minimum Gasteiger partial charge on any atom is -0.306 e. The molecule has 1 heterocycles. The largest absolute Gasteiger partial charge is 0.347 e. The summed E-state index contributed by atoms with van der Waals surface area (Å²) in [5.74, 6) is 0.228. The number of carbonyl (C=O) groups is 3. The lowest BCUT2D eigenvalue weighted by Crippen LogP contribution is -2.58. The summed E-state index contributed by atoms with van der Waals surface area (Å²) in [6.07, 6.45) is 1.03. The maximum atomic E-state index is 13.8. The summed E-state index contributed by atoms with van der Waals surface area (Å²) < 4.78 is 0. The van der Waals surface area contributed by atoms with E-state index >= 15 is 0 Å². The normalized spacial score (nSPS) is 22.6. The Morgan fingerprint density at radius 2 is 1.69 bits per heavy atom. The third-order valence-corrected chi connectivity index (χ3v) is 8.73. The zero-order valence-electron chi connectivity index (χ0n) is 24.7. The van der Waals surface area contributed by atoms with Crippen molar-refractivity contribution in [2.75, 3.05) is 16.8 Å². The van der Waals surface area contributed by atoms with Crippen molar-refractivity contribution in [3.05, 3.63) is 60.7 Å². The Bertz CT molecular complexity index is 1370. The summed E-state index contributed by atoms with van der Waals surface area (Å²) in [4.78, 5) is 42.6. The number of amides is 5. The number of benzene rings is 2. The predicted octanol–water partition coefficient (Wildman–Crippen LogP) is 5.41. The van der Waals surface area contributed by atoms with Gasteiger partial charge in [-0.15, -0.1) is 0 Å². The van der Waals surface area contributed by atoms with Crippen molar-refractivity contribution < 1.29 is 19.6 Å². The molecule has 0 aromatic heterocycles. The second-order valence-corrected chi connectivity index (χ2v) is 12.1. The predicted molar refractivity (Wildman–Crippen MR) is 159 cm³/mol. The number of hydrogen-bond acceptors (Lipinski definition) is 6. The average molecular weight is 574 g/mol. The van der Waals surface area contributed by atoms with Crippen LogP contribution in [0.4, 0.5) is 21.0 Å². The van der Waals surface area contributed by atoms with Crippen LogP contribution in [0.15, 0.2) is 65.8 Å². The number of nitrogens with zero attached hydrogens (tertiary/aromatic N) is 5. The van der Waals surface area contributed by atoms with Gasteiger partial charge in [-0.3, -0.25) is 14.9 Å². The number of hydrogen-bond donors (Lipinski definition) is 3. The molecular weight excluding hydrogens is 534 g/mol. The number of urea groups is 2. The lowest BCUT2D eigenvalue weighted by atomic mass is 9.53. The number of hydrazone groups is 1.